The van der Waals surface area contributed by atoms with Crippen molar-refractivity contribution in [3.05, 3.63) is 62.8 Å². The first-order chi connectivity index (χ1) is 15.5. The van der Waals surface area contributed by atoms with Crippen LogP contribution in [0.3, 0.4) is 0 Å². The van der Waals surface area contributed by atoms with Crippen molar-refractivity contribution in [2.45, 2.75) is 45.7 Å². The second-order valence-electron chi connectivity index (χ2n) is 7.88. The third-order valence-corrected chi connectivity index (χ3v) is 6.92. The van der Waals surface area contributed by atoms with Crippen LogP contribution in [0.15, 0.2) is 35.4 Å². The van der Waals surface area contributed by atoms with E-state index in [1.165, 1.54) is 32.8 Å². The molecule has 0 saturated heterocycles. The molecule has 0 bridgehead atoms. The van der Waals surface area contributed by atoms with Gasteiger partial charge >= 0.3 is 0 Å². The van der Waals surface area contributed by atoms with Gasteiger partial charge in [0.2, 0.25) is 11.8 Å². The molecule has 1 aliphatic rings. The van der Waals surface area contributed by atoms with Gasteiger partial charge in [-0.1, -0.05) is 12.1 Å². The first kappa shape index (κ1) is 22.1. The topological polar surface area (TPSA) is 84.3 Å². The third kappa shape index (κ3) is 4.72. The average molecular weight is 457 g/mol. The Labute approximate surface area is 188 Å². The highest BCUT2D eigenvalue weighted by molar-refractivity contribution is 7.18. The van der Waals surface area contributed by atoms with E-state index in [4.69, 9.17) is 0 Å². The van der Waals surface area contributed by atoms with Crippen molar-refractivity contribution in [1.29, 1.82) is 0 Å². The second-order valence-corrected chi connectivity index (χ2v) is 8.96. The van der Waals surface area contributed by atoms with E-state index in [-0.39, 0.29) is 42.8 Å². The Morgan fingerprint density at radius 1 is 1.22 bits per heavy atom. The van der Waals surface area contributed by atoms with E-state index in [1.54, 1.807) is 30.4 Å². The Morgan fingerprint density at radius 3 is 2.72 bits per heavy atom. The van der Waals surface area contributed by atoms with Crippen molar-refractivity contribution in [2.24, 2.45) is 0 Å². The summed E-state index contributed by atoms with van der Waals surface area (Å²) in [7, 11) is 0. The summed E-state index contributed by atoms with van der Waals surface area (Å²) < 4.78 is 14.3. The van der Waals surface area contributed by atoms with E-state index in [2.05, 4.69) is 10.3 Å². The van der Waals surface area contributed by atoms with Crippen LogP contribution in [0.25, 0.3) is 10.2 Å². The van der Waals surface area contributed by atoms with Crippen LogP contribution < -0.4 is 10.9 Å². The molecule has 0 unspecified atom stereocenters. The summed E-state index contributed by atoms with van der Waals surface area (Å²) in [4.78, 5) is 46.0. The van der Waals surface area contributed by atoms with Crippen molar-refractivity contribution < 1.29 is 14.0 Å². The number of nitrogens with one attached hydrogen (secondary N) is 1. The van der Waals surface area contributed by atoms with Gasteiger partial charge in [0, 0.05) is 18.0 Å². The Bertz CT molecular complexity index is 1200. The van der Waals surface area contributed by atoms with Crippen molar-refractivity contribution >= 4 is 33.4 Å². The van der Waals surface area contributed by atoms with Crippen molar-refractivity contribution in [3.8, 4) is 0 Å². The number of benzene rings is 1. The molecule has 1 aromatic carbocycles. The molecular weight excluding hydrogens is 431 g/mol. The van der Waals surface area contributed by atoms with Crippen molar-refractivity contribution in [2.75, 3.05) is 13.1 Å². The summed E-state index contributed by atoms with van der Waals surface area (Å²) in [6.45, 7) is 2.08. The van der Waals surface area contributed by atoms with Crippen LogP contribution in [0, 0.1) is 5.82 Å². The van der Waals surface area contributed by atoms with Crippen LogP contribution >= 0.6 is 11.3 Å². The summed E-state index contributed by atoms with van der Waals surface area (Å²) in [5, 5.41) is 3.37. The Balaban J connectivity index is 1.42. The number of aromatic nitrogens is 2. The molecule has 0 spiro atoms. The van der Waals surface area contributed by atoms with Gasteiger partial charge in [0.15, 0.2) is 0 Å². The molecule has 4 rings (SSSR count). The zero-order valence-corrected chi connectivity index (χ0v) is 18.7. The predicted molar refractivity (Wildman–Crippen MR) is 121 cm³/mol. The van der Waals surface area contributed by atoms with E-state index < -0.39 is 0 Å². The van der Waals surface area contributed by atoms with Crippen molar-refractivity contribution in [3.63, 3.8) is 0 Å². The van der Waals surface area contributed by atoms with Gasteiger partial charge in [0.25, 0.3) is 5.56 Å². The minimum absolute atomic E-state index is 0.116. The SMILES string of the molecule is CCN(CC(=O)NCc1ccc(F)cc1)C(=O)Cn1cnc2sc3c(c2c1=O)CCCC3. The number of carbonyl (C=O) groups excluding carboxylic acids is 2. The first-order valence-electron chi connectivity index (χ1n) is 10.7. The van der Waals surface area contributed by atoms with Crippen LogP contribution in [-0.2, 0) is 35.5 Å². The highest BCUT2D eigenvalue weighted by Crippen LogP contribution is 2.33. The number of rotatable bonds is 7. The van der Waals surface area contributed by atoms with Gasteiger partial charge in [-0.3, -0.25) is 19.0 Å². The summed E-state index contributed by atoms with van der Waals surface area (Å²) in [5.41, 5.74) is 1.65. The average Bonchev–Trinajstić information content (AvgIpc) is 3.18. The molecule has 0 radical (unpaired) electrons. The quantitative estimate of drug-likeness (QED) is 0.592. The first-order valence-corrected chi connectivity index (χ1v) is 11.6. The Kier molecular flexibility index (Phi) is 6.64. The summed E-state index contributed by atoms with van der Waals surface area (Å²) >= 11 is 1.57. The number of aryl methyl sites for hydroxylation is 2. The molecule has 2 heterocycles. The standard InChI is InChI=1S/C23H25FN4O3S/c1-2-27(12-19(29)25-11-15-7-9-16(24)10-8-15)20(30)13-28-14-26-22-21(23(28)31)17-5-3-4-6-18(17)32-22/h7-10,14H,2-6,11-13H2,1H3,(H,25,29). The van der Waals surface area contributed by atoms with E-state index in [0.29, 0.717) is 11.9 Å². The zero-order chi connectivity index (χ0) is 22.7. The molecule has 0 fully saturated rings. The lowest BCUT2D eigenvalue weighted by molar-refractivity contribution is -0.136. The largest absolute Gasteiger partial charge is 0.350 e. The number of likely N-dealkylation sites (N-methyl/N-ethyl adjacent to an activating group) is 1. The highest BCUT2D eigenvalue weighted by atomic mass is 32.1. The van der Waals surface area contributed by atoms with E-state index in [9.17, 15) is 18.8 Å². The summed E-state index contributed by atoms with van der Waals surface area (Å²) in [6.07, 6.45) is 5.46. The minimum atomic E-state index is -0.339. The molecule has 0 aliphatic heterocycles. The number of thiophene rings is 1. The molecule has 2 aromatic heterocycles. The molecule has 7 nitrogen and oxygen atoms in total. The van der Waals surface area contributed by atoms with E-state index in [0.717, 1.165) is 41.6 Å². The fourth-order valence-corrected chi connectivity index (χ4v) is 5.17. The smallest absolute Gasteiger partial charge is 0.262 e. The van der Waals surface area contributed by atoms with Gasteiger partial charge in [0.1, 0.15) is 17.2 Å². The normalized spacial score (nSPS) is 13.1. The van der Waals surface area contributed by atoms with Crippen LogP contribution in [-0.4, -0.2) is 39.4 Å². The number of hydrogen-bond acceptors (Lipinski definition) is 5. The van der Waals surface area contributed by atoms with Crippen LogP contribution in [0.1, 0.15) is 35.8 Å². The maximum absolute atomic E-state index is 13.1. The molecule has 2 amide bonds. The van der Waals surface area contributed by atoms with Crippen LogP contribution in [0.2, 0.25) is 0 Å². The van der Waals surface area contributed by atoms with Crippen LogP contribution in [0.5, 0.6) is 0 Å². The molecule has 168 valence electrons. The number of hydrogen-bond donors (Lipinski definition) is 1. The molecule has 9 heteroatoms. The number of carbonyl (C=O) groups is 2. The van der Waals surface area contributed by atoms with E-state index >= 15 is 0 Å². The molecule has 3 aromatic rings. The lowest BCUT2D eigenvalue weighted by Crippen LogP contribution is -2.42. The van der Waals surface area contributed by atoms with Gasteiger partial charge < -0.3 is 10.2 Å². The number of amides is 2. The lowest BCUT2D eigenvalue weighted by Gasteiger charge is -2.21. The van der Waals surface area contributed by atoms with Gasteiger partial charge in [-0.15, -0.1) is 11.3 Å². The molecule has 1 aliphatic carbocycles. The van der Waals surface area contributed by atoms with Gasteiger partial charge in [-0.2, -0.15) is 0 Å². The highest BCUT2D eigenvalue weighted by Gasteiger charge is 2.22. The molecule has 0 saturated carbocycles. The molecule has 0 atom stereocenters. The second kappa shape index (κ2) is 9.60. The lowest BCUT2D eigenvalue weighted by atomic mass is 9.97. The van der Waals surface area contributed by atoms with Crippen molar-refractivity contribution in [1.82, 2.24) is 19.8 Å². The predicted octanol–water partition coefficient (Wildman–Crippen LogP) is 2.64. The fraction of sp³-hybridized carbons (Fsp3) is 0.391. The monoisotopic (exact) mass is 456 g/mol. The maximum atomic E-state index is 13.1. The van der Waals surface area contributed by atoms with Gasteiger partial charge in [0.05, 0.1) is 18.3 Å². The maximum Gasteiger partial charge on any atom is 0.262 e. The number of fused-ring (bicyclic) bond motifs is 3. The molecular formula is C23H25FN4O3S. The molecule has 32 heavy (non-hydrogen) atoms. The number of halogens is 1. The van der Waals surface area contributed by atoms with E-state index in [1.807, 2.05) is 0 Å². The Hall–Kier alpha value is -3.07. The Morgan fingerprint density at radius 2 is 1.97 bits per heavy atom. The van der Waals surface area contributed by atoms with Gasteiger partial charge in [-0.05, 0) is 55.9 Å². The summed E-state index contributed by atoms with van der Waals surface area (Å²) in [6, 6.07) is 5.85. The zero-order valence-electron chi connectivity index (χ0n) is 17.9. The number of nitrogens with zero attached hydrogens (tertiary/aromatic N) is 3. The van der Waals surface area contributed by atoms with Crippen LogP contribution in [0.4, 0.5) is 4.39 Å². The minimum Gasteiger partial charge on any atom is -0.350 e. The summed E-state index contributed by atoms with van der Waals surface area (Å²) in [5.74, 6) is -0.983. The van der Waals surface area contributed by atoms with Gasteiger partial charge in [-0.25, -0.2) is 9.37 Å². The third-order valence-electron chi connectivity index (χ3n) is 5.72. The molecule has 1 N–H and O–H groups in total. The fourth-order valence-electron chi connectivity index (χ4n) is 3.95.